The summed E-state index contributed by atoms with van der Waals surface area (Å²) in [6.07, 6.45) is -0.489. The molecule has 1 aromatic carbocycles. The molecule has 0 aromatic heterocycles. The molecule has 0 saturated carbocycles. The third kappa shape index (κ3) is 2.81. The Morgan fingerprint density at radius 2 is 1.75 bits per heavy atom. The fourth-order valence-corrected chi connectivity index (χ4v) is 0.954. The molecule has 0 aliphatic rings. The largest absolute Gasteiger partial charge is 0.391 e. The average Bonchev–Trinajstić information content (AvgIpc) is 2.05. The Morgan fingerprint density at radius 1 is 1.25 bits per heavy atom. The molecule has 1 rings (SSSR count). The number of hydrogen-bond acceptors (Lipinski definition) is 2. The van der Waals surface area contributed by atoms with Crippen molar-refractivity contribution in [2.45, 2.75) is 19.1 Å². The number of benzene rings is 1. The highest BCUT2D eigenvalue weighted by Gasteiger charge is 2.09. The Balaban J connectivity index is 0.00000121. The van der Waals surface area contributed by atoms with Crippen LogP contribution in [0.3, 0.4) is 0 Å². The molecule has 0 amide bonds. The van der Waals surface area contributed by atoms with Crippen LogP contribution in [0.15, 0.2) is 30.3 Å². The first-order valence-electron chi connectivity index (χ1n) is 3.70. The lowest BCUT2D eigenvalue weighted by atomic mass is 10.0. The topological polar surface area (TPSA) is 46.2 Å². The maximum atomic E-state index is 9.15. The van der Waals surface area contributed by atoms with Crippen LogP contribution in [0.5, 0.6) is 0 Å². The van der Waals surface area contributed by atoms with E-state index in [1.165, 1.54) is 0 Å². The van der Waals surface area contributed by atoms with Gasteiger partial charge >= 0.3 is 0 Å². The van der Waals surface area contributed by atoms with Gasteiger partial charge in [-0.05, 0) is 12.5 Å². The monoisotopic (exact) mass is 187 g/mol. The predicted molar refractivity (Wildman–Crippen MR) is 52.3 cm³/mol. The smallest absolute Gasteiger partial charge is 0.0704 e. The van der Waals surface area contributed by atoms with Gasteiger partial charge < -0.3 is 10.8 Å². The van der Waals surface area contributed by atoms with Gasteiger partial charge in [0, 0.05) is 0 Å². The van der Waals surface area contributed by atoms with Crippen LogP contribution in [0, 0.1) is 0 Å². The van der Waals surface area contributed by atoms with E-state index in [-0.39, 0.29) is 18.4 Å². The van der Waals surface area contributed by atoms with Gasteiger partial charge in [0.05, 0.1) is 12.1 Å². The molecule has 68 valence electrons. The van der Waals surface area contributed by atoms with Gasteiger partial charge in [0.1, 0.15) is 0 Å². The van der Waals surface area contributed by atoms with Gasteiger partial charge in [-0.1, -0.05) is 30.3 Å². The highest BCUT2D eigenvalue weighted by Crippen LogP contribution is 2.12. The molecule has 0 aliphatic carbocycles. The molecule has 0 heterocycles. The molecule has 0 radical (unpaired) electrons. The van der Waals surface area contributed by atoms with E-state index in [4.69, 9.17) is 10.8 Å². The fourth-order valence-electron chi connectivity index (χ4n) is 0.954. The zero-order valence-electron chi connectivity index (χ0n) is 6.97. The van der Waals surface area contributed by atoms with Crippen molar-refractivity contribution in [1.29, 1.82) is 0 Å². The summed E-state index contributed by atoms with van der Waals surface area (Å²) in [4.78, 5) is 0. The normalized spacial score (nSPS) is 14.6. The van der Waals surface area contributed by atoms with Gasteiger partial charge in [0.25, 0.3) is 0 Å². The first-order chi connectivity index (χ1) is 5.22. The Kier molecular flexibility index (Phi) is 4.90. The summed E-state index contributed by atoms with van der Waals surface area (Å²) in [6.45, 7) is 1.69. The minimum Gasteiger partial charge on any atom is -0.391 e. The molecule has 0 unspecified atom stereocenters. The average molecular weight is 188 g/mol. The molecule has 1 aromatic rings. The second kappa shape index (κ2) is 5.14. The van der Waals surface area contributed by atoms with Crippen LogP contribution in [0.1, 0.15) is 18.5 Å². The van der Waals surface area contributed by atoms with E-state index in [0.29, 0.717) is 0 Å². The third-order valence-electron chi connectivity index (χ3n) is 1.70. The van der Waals surface area contributed by atoms with Gasteiger partial charge in [0.2, 0.25) is 0 Å². The van der Waals surface area contributed by atoms with Crippen molar-refractivity contribution in [3.8, 4) is 0 Å². The first kappa shape index (κ1) is 11.4. The molecule has 0 fully saturated rings. The van der Waals surface area contributed by atoms with Crippen molar-refractivity contribution >= 4 is 12.4 Å². The maximum Gasteiger partial charge on any atom is 0.0704 e. The minimum absolute atomic E-state index is 0. The summed E-state index contributed by atoms with van der Waals surface area (Å²) in [7, 11) is 0. The summed E-state index contributed by atoms with van der Waals surface area (Å²) in [5.41, 5.74) is 6.66. The molecule has 3 N–H and O–H groups in total. The summed E-state index contributed by atoms with van der Waals surface area (Å²) in [6, 6.07) is 9.32. The highest BCUT2D eigenvalue weighted by atomic mass is 35.5. The molecular formula is C9H14ClNO. The van der Waals surface area contributed by atoms with Crippen molar-refractivity contribution in [2.24, 2.45) is 5.73 Å². The van der Waals surface area contributed by atoms with Crippen LogP contribution in [-0.2, 0) is 0 Å². The lowest BCUT2D eigenvalue weighted by molar-refractivity contribution is 0.164. The van der Waals surface area contributed by atoms with Crippen LogP contribution in [-0.4, -0.2) is 11.2 Å². The second-order valence-corrected chi connectivity index (χ2v) is 2.68. The Labute approximate surface area is 78.8 Å². The fraction of sp³-hybridized carbons (Fsp3) is 0.333. The van der Waals surface area contributed by atoms with Crippen LogP contribution in [0.2, 0.25) is 0 Å². The Hall–Kier alpha value is -0.570. The molecule has 0 aliphatic heterocycles. The number of nitrogens with two attached hydrogens (primary N) is 1. The predicted octanol–water partition coefficient (Wildman–Crippen LogP) is 1.49. The van der Waals surface area contributed by atoms with E-state index >= 15 is 0 Å². The number of halogens is 1. The van der Waals surface area contributed by atoms with E-state index in [9.17, 15) is 0 Å². The first-order valence-corrected chi connectivity index (χ1v) is 3.70. The van der Waals surface area contributed by atoms with Crippen molar-refractivity contribution < 1.29 is 5.11 Å². The van der Waals surface area contributed by atoms with Gasteiger partial charge in [0.15, 0.2) is 0 Å². The SMILES string of the molecule is C[C@H](O)[C@@H](N)c1ccccc1.Cl. The lowest BCUT2D eigenvalue weighted by Crippen LogP contribution is -2.22. The minimum atomic E-state index is -0.489. The van der Waals surface area contributed by atoms with E-state index < -0.39 is 6.10 Å². The summed E-state index contributed by atoms with van der Waals surface area (Å²) < 4.78 is 0. The molecule has 0 bridgehead atoms. The third-order valence-corrected chi connectivity index (χ3v) is 1.70. The summed E-state index contributed by atoms with van der Waals surface area (Å²) in [5.74, 6) is 0. The lowest BCUT2D eigenvalue weighted by Gasteiger charge is -2.14. The van der Waals surface area contributed by atoms with E-state index in [1.54, 1.807) is 6.92 Å². The van der Waals surface area contributed by atoms with Crippen molar-refractivity contribution in [1.82, 2.24) is 0 Å². The van der Waals surface area contributed by atoms with Crippen LogP contribution in [0.4, 0.5) is 0 Å². The molecule has 0 saturated heterocycles. The van der Waals surface area contributed by atoms with Crippen molar-refractivity contribution in [3.05, 3.63) is 35.9 Å². The molecule has 12 heavy (non-hydrogen) atoms. The number of aliphatic hydroxyl groups excluding tert-OH is 1. The van der Waals surface area contributed by atoms with E-state index in [0.717, 1.165) is 5.56 Å². The van der Waals surface area contributed by atoms with Crippen LogP contribution >= 0.6 is 12.4 Å². The van der Waals surface area contributed by atoms with E-state index in [1.807, 2.05) is 30.3 Å². The Bertz CT molecular complexity index is 213. The standard InChI is InChI=1S/C9H13NO.ClH/c1-7(11)9(10)8-5-3-2-4-6-8;/h2-7,9,11H,10H2,1H3;1H/t7-,9+;/m0./s1. The molecule has 3 heteroatoms. The summed E-state index contributed by atoms with van der Waals surface area (Å²) >= 11 is 0. The highest BCUT2D eigenvalue weighted by molar-refractivity contribution is 5.85. The zero-order valence-corrected chi connectivity index (χ0v) is 7.79. The number of hydrogen-bond donors (Lipinski definition) is 2. The number of rotatable bonds is 2. The van der Waals surface area contributed by atoms with Crippen molar-refractivity contribution in [2.75, 3.05) is 0 Å². The van der Waals surface area contributed by atoms with Gasteiger partial charge in [-0.3, -0.25) is 0 Å². The Morgan fingerprint density at radius 3 is 2.17 bits per heavy atom. The van der Waals surface area contributed by atoms with E-state index in [2.05, 4.69) is 0 Å². The maximum absolute atomic E-state index is 9.15. The van der Waals surface area contributed by atoms with Gasteiger partial charge in [-0.2, -0.15) is 0 Å². The molecular weight excluding hydrogens is 174 g/mol. The molecule has 2 atom stereocenters. The van der Waals surface area contributed by atoms with Crippen LogP contribution < -0.4 is 5.73 Å². The van der Waals surface area contributed by atoms with Gasteiger partial charge in [-0.25, -0.2) is 0 Å². The van der Waals surface area contributed by atoms with Crippen molar-refractivity contribution in [3.63, 3.8) is 0 Å². The van der Waals surface area contributed by atoms with Crippen LogP contribution in [0.25, 0.3) is 0 Å². The quantitative estimate of drug-likeness (QED) is 0.737. The second-order valence-electron chi connectivity index (χ2n) is 2.68. The summed E-state index contributed by atoms with van der Waals surface area (Å²) in [5, 5.41) is 9.15. The molecule has 0 spiro atoms. The molecule has 2 nitrogen and oxygen atoms in total. The number of aliphatic hydroxyl groups is 1. The van der Waals surface area contributed by atoms with Gasteiger partial charge in [-0.15, -0.1) is 12.4 Å². The zero-order chi connectivity index (χ0) is 8.27.